The Labute approximate surface area is 136 Å². The van der Waals surface area contributed by atoms with Crippen LogP contribution in [0, 0.1) is 6.92 Å². The number of hydrogen-bond donors (Lipinski definition) is 1. The second kappa shape index (κ2) is 5.44. The second-order valence-corrected chi connectivity index (χ2v) is 6.17. The molecule has 2 aliphatic rings. The van der Waals surface area contributed by atoms with Gasteiger partial charge in [-0.05, 0) is 19.8 Å². The summed E-state index contributed by atoms with van der Waals surface area (Å²) in [6.45, 7) is 3.12. The Morgan fingerprint density at radius 1 is 1.25 bits per heavy atom. The van der Waals surface area contributed by atoms with E-state index in [0.717, 1.165) is 24.7 Å². The van der Waals surface area contributed by atoms with Gasteiger partial charge < -0.3 is 10.1 Å². The molecule has 1 saturated heterocycles. The maximum Gasteiger partial charge on any atom is 0.419 e. The van der Waals surface area contributed by atoms with Gasteiger partial charge in [0.25, 0.3) is 0 Å². The van der Waals surface area contributed by atoms with E-state index < -0.39 is 11.7 Å². The average molecular weight is 339 g/mol. The Kier molecular flexibility index (Phi) is 3.48. The van der Waals surface area contributed by atoms with Crippen LogP contribution in [0.2, 0.25) is 0 Å². The van der Waals surface area contributed by atoms with Gasteiger partial charge in [-0.25, -0.2) is 9.97 Å². The van der Waals surface area contributed by atoms with Crippen LogP contribution in [-0.2, 0) is 10.9 Å². The first-order valence-corrected chi connectivity index (χ1v) is 7.76. The van der Waals surface area contributed by atoms with Crippen molar-refractivity contribution < 1.29 is 17.9 Å². The molecule has 9 heteroatoms. The van der Waals surface area contributed by atoms with Crippen LogP contribution in [0.15, 0.2) is 12.4 Å². The molecule has 1 aliphatic heterocycles. The zero-order chi connectivity index (χ0) is 16.9. The van der Waals surface area contributed by atoms with Crippen molar-refractivity contribution in [2.24, 2.45) is 0 Å². The van der Waals surface area contributed by atoms with E-state index in [4.69, 9.17) is 4.74 Å². The lowest BCUT2D eigenvalue weighted by atomic mass is 10.1. The normalized spacial score (nSPS) is 18.5. The van der Waals surface area contributed by atoms with Gasteiger partial charge in [0.1, 0.15) is 0 Å². The molecular formula is C15H16F3N5O. The summed E-state index contributed by atoms with van der Waals surface area (Å²) in [5.74, 6) is 0.0403. The highest BCUT2D eigenvalue weighted by atomic mass is 19.4. The summed E-state index contributed by atoms with van der Waals surface area (Å²) in [6, 6.07) is 0.205. The van der Waals surface area contributed by atoms with Gasteiger partial charge in [-0.15, -0.1) is 0 Å². The number of alkyl halides is 3. The molecule has 2 aromatic rings. The molecule has 3 heterocycles. The maximum absolute atomic E-state index is 13.1. The van der Waals surface area contributed by atoms with Crippen molar-refractivity contribution in [2.75, 3.05) is 18.5 Å². The predicted octanol–water partition coefficient (Wildman–Crippen LogP) is 3.19. The highest BCUT2D eigenvalue weighted by molar-refractivity contribution is 5.55. The van der Waals surface area contributed by atoms with Crippen molar-refractivity contribution in [3.8, 4) is 0 Å². The van der Waals surface area contributed by atoms with Gasteiger partial charge in [0.2, 0.25) is 5.95 Å². The van der Waals surface area contributed by atoms with E-state index in [0.29, 0.717) is 18.9 Å². The molecule has 0 aromatic carbocycles. The third-order valence-corrected chi connectivity index (χ3v) is 4.35. The molecule has 0 unspecified atom stereocenters. The van der Waals surface area contributed by atoms with Crippen LogP contribution >= 0.6 is 0 Å². The van der Waals surface area contributed by atoms with Gasteiger partial charge in [0.05, 0.1) is 48.1 Å². The van der Waals surface area contributed by atoms with Crippen LogP contribution in [0.3, 0.4) is 0 Å². The maximum atomic E-state index is 13.1. The smallest absolute Gasteiger partial charge is 0.377 e. The van der Waals surface area contributed by atoms with Crippen molar-refractivity contribution in [3.63, 3.8) is 0 Å². The van der Waals surface area contributed by atoms with Gasteiger partial charge in [0, 0.05) is 12.1 Å². The SMILES string of the molecule is Cc1c(Nc2ncc(C(F)(F)F)c(C3CC3)n2)cnn1C1COC1. The first kappa shape index (κ1) is 15.4. The van der Waals surface area contributed by atoms with E-state index in [1.165, 1.54) is 0 Å². The third kappa shape index (κ3) is 2.72. The molecule has 2 aromatic heterocycles. The number of nitrogens with one attached hydrogen (secondary N) is 1. The lowest BCUT2D eigenvalue weighted by Crippen LogP contribution is -2.32. The van der Waals surface area contributed by atoms with E-state index >= 15 is 0 Å². The van der Waals surface area contributed by atoms with Crippen LogP contribution in [0.5, 0.6) is 0 Å². The highest BCUT2D eigenvalue weighted by Gasteiger charge is 2.40. The van der Waals surface area contributed by atoms with Gasteiger partial charge in [-0.2, -0.15) is 18.3 Å². The summed E-state index contributed by atoms with van der Waals surface area (Å²) >= 11 is 0. The fourth-order valence-electron chi connectivity index (χ4n) is 2.74. The Morgan fingerprint density at radius 3 is 2.58 bits per heavy atom. The second-order valence-electron chi connectivity index (χ2n) is 6.17. The zero-order valence-corrected chi connectivity index (χ0v) is 13.0. The topological polar surface area (TPSA) is 64.9 Å². The van der Waals surface area contributed by atoms with Crippen LogP contribution < -0.4 is 5.32 Å². The summed E-state index contributed by atoms with van der Waals surface area (Å²) in [6.07, 6.45) is -0.466. The molecule has 0 spiro atoms. The van der Waals surface area contributed by atoms with Crippen molar-refractivity contribution in [2.45, 2.75) is 37.9 Å². The van der Waals surface area contributed by atoms with Crippen LogP contribution in [0.4, 0.5) is 24.8 Å². The number of ether oxygens (including phenoxy) is 1. The number of hydrogen-bond acceptors (Lipinski definition) is 5. The molecule has 2 fully saturated rings. The number of anilines is 2. The summed E-state index contributed by atoms with van der Waals surface area (Å²) in [5, 5.41) is 7.28. The standard InChI is InChI=1S/C15H16F3N5O/c1-8-12(5-20-23(8)10-6-24-7-10)21-14-19-4-11(15(16,17)18)13(22-14)9-2-3-9/h4-5,9-10H,2-3,6-7H2,1H3,(H,19,21,22). The van der Waals surface area contributed by atoms with E-state index in [-0.39, 0.29) is 23.6 Å². The van der Waals surface area contributed by atoms with E-state index in [9.17, 15) is 13.2 Å². The molecule has 0 amide bonds. The quantitative estimate of drug-likeness (QED) is 0.927. The average Bonchev–Trinajstić information content (AvgIpc) is 3.26. The van der Waals surface area contributed by atoms with Crippen LogP contribution in [-0.4, -0.2) is 33.0 Å². The van der Waals surface area contributed by atoms with Gasteiger partial charge in [-0.3, -0.25) is 4.68 Å². The minimum atomic E-state index is -4.43. The molecule has 1 N–H and O–H groups in total. The van der Waals surface area contributed by atoms with Crippen molar-refractivity contribution in [1.29, 1.82) is 0 Å². The molecule has 128 valence electrons. The number of halogens is 3. The largest absolute Gasteiger partial charge is 0.419 e. The van der Waals surface area contributed by atoms with E-state index in [1.807, 2.05) is 11.6 Å². The highest BCUT2D eigenvalue weighted by Crippen LogP contribution is 2.45. The van der Waals surface area contributed by atoms with Crippen molar-refractivity contribution >= 4 is 11.6 Å². The van der Waals surface area contributed by atoms with Crippen LogP contribution in [0.25, 0.3) is 0 Å². The summed E-state index contributed by atoms with van der Waals surface area (Å²) < 4.78 is 46.2. The number of aromatic nitrogens is 4. The fourth-order valence-corrected chi connectivity index (χ4v) is 2.74. The molecule has 6 nitrogen and oxygen atoms in total. The minimum Gasteiger partial charge on any atom is -0.377 e. The summed E-state index contributed by atoms with van der Waals surface area (Å²) in [5.41, 5.74) is 0.898. The summed E-state index contributed by atoms with van der Waals surface area (Å²) in [7, 11) is 0. The first-order chi connectivity index (χ1) is 11.4. The molecular weight excluding hydrogens is 323 g/mol. The number of nitrogens with zero attached hydrogens (tertiary/aromatic N) is 4. The minimum absolute atomic E-state index is 0.0810. The van der Waals surface area contributed by atoms with Crippen molar-refractivity contribution in [1.82, 2.24) is 19.7 Å². The first-order valence-electron chi connectivity index (χ1n) is 7.76. The zero-order valence-electron chi connectivity index (χ0n) is 13.0. The predicted molar refractivity (Wildman–Crippen MR) is 79.1 cm³/mol. The lowest BCUT2D eigenvalue weighted by molar-refractivity contribution is -0.138. The lowest BCUT2D eigenvalue weighted by Gasteiger charge is -2.27. The van der Waals surface area contributed by atoms with Gasteiger partial charge >= 0.3 is 6.18 Å². The Bertz CT molecular complexity index is 765. The fraction of sp³-hybridized carbons (Fsp3) is 0.533. The van der Waals surface area contributed by atoms with Crippen LogP contribution in [0.1, 0.15) is 41.8 Å². The van der Waals surface area contributed by atoms with Crippen molar-refractivity contribution in [3.05, 3.63) is 29.3 Å². The molecule has 0 radical (unpaired) electrons. The monoisotopic (exact) mass is 339 g/mol. The molecule has 24 heavy (non-hydrogen) atoms. The molecule has 1 aliphatic carbocycles. The molecule has 0 bridgehead atoms. The Morgan fingerprint density at radius 2 is 2.00 bits per heavy atom. The molecule has 1 saturated carbocycles. The number of rotatable bonds is 4. The Hall–Kier alpha value is -2.16. The third-order valence-electron chi connectivity index (χ3n) is 4.35. The molecule has 0 atom stereocenters. The van der Waals surface area contributed by atoms with Gasteiger partial charge in [0.15, 0.2) is 0 Å². The van der Waals surface area contributed by atoms with E-state index in [2.05, 4.69) is 20.4 Å². The molecule has 4 rings (SSSR count). The summed E-state index contributed by atoms with van der Waals surface area (Å²) in [4.78, 5) is 7.96. The van der Waals surface area contributed by atoms with Gasteiger partial charge in [-0.1, -0.05) is 0 Å². The Balaban J connectivity index is 1.61. The van der Waals surface area contributed by atoms with E-state index in [1.54, 1.807) is 6.20 Å².